The van der Waals surface area contributed by atoms with Crippen molar-refractivity contribution in [3.05, 3.63) is 35.2 Å². The second-order valence-corrected chi connectivity index (χ2v) is 5.55. The lowest BCUT2D eigenvalue weighted by molar-refractivity contribution is -0.120. The topological polar surface area (TPSA) is 103 Å². The maximum Gasteiger partial charge on any atom is 0.226 e. The van der Waals surface area contributed by atoms with E-state index in [1.165, 1.54) is 0 Å². The Hall–Kier alpha value is -2.35. The summed E-state index contributed by atoms with van der Waals surface area (Å²) in [6.45, 7) is 2.89. The van der Waals surface area contributed by atoms with Crippen molar-refractivity contribution < 1.29 is 14.2 Å². The molecule has 23 heavy (non-hydrogen) atoms. The summed E-state index contributed by atoms with van der Waals surface area (Å²) in [5.74, 6) is 0.563. The molecule has 0 saturated carbocycles. The molecule has 122 valence electrons. The highest BCUT2D eigenvalue weighted by Gasteiger charge is 2.18. The fourth-order valence-corrected chi connectivity index (χ4v) is 2.39. The Balaban J connectivity index is 1.50. The first kappa shape index (κ1) is 15.5. The van der Waals surface area contributed by atoms with Gasteiger partial charge in [-0.05, 0) is 26.2 Å². The summed E-state index contributed by atoms with van der Waals surface area (Å²) in [7, 11) is 0. The second-order valence-electron chi connectivity index (χ2n) is 5.55. The van der Waals surface area contributed by atoms with Gasteiger partial charge in [-0.1, -0.05) is 10.3 Å². The fraction of sp³-hybridized carbons (Fsp3) is 0.533. The van der Waals surface area contributed by atoms with Gasteiger partial charge in [-0.25, -0.2) is 14.6 Å². The predicted molar refractivity (Wildman–Crippen MR) is 79.2 cm³/mol. The lowest BCUT2D eigenvalue weighted by Gasteiger charge is -2.21. The third-order valence-corrected chi connectivity index (χ3v) is 3.76. The van der Waals surface area contributed by atoms with Gasteiger partial charge in [-0.15, -0.1) is 0 Å². The molecule has 3 rings (SSSR count). The number of hydrogen-bond acceptors (Lipinski definition) is 7. The Morgan fingerprint density at radius 3 is 2.78 bits per heavy atom. The second kappa shape index (κ2) is 7.28. The quantitative estimate of drug-likeness (QED) is 0.885. The normalized spacial score (nSPS) is 17.9. The SMILES string of the molecule is Cc1nonc1CC(=O)NCc1cnc([C@H]2CCCCO2)nc1. The lowest BCUT2D eigenvalue weighted by Crippen LogP contribution is -2.25. The third-order valence-electron chi connectivity index (χ3n) is 3.76. The average molecular weight is 317 g/mol. The van der Waals surface area contributed by atoms with E-state index in [1.807, 2.05) is 0 Å². The Morgan fingerprint density at radius 2 is 2.13 bits per heavy atom. The monoisotopic (exact) mass is 317 g/mol. The number of aromatic nitrogens is 4. The van der Waals surface area contributed by atoms with Crippen LogP contribution in [0.25, 0.3) is 0 Å². The van der Waals surface area contributed by atoms with Crippen molar-refractivity contribution in [2.75, 3.05) is 6.61 Å². The number of nitrogens with one attached hydrogen (secondary N) is 1. The average Bonchev–Trinajstić information content (AvgIpc) is 2.99. The van der Waals surface area contributed by atoms with Crippen LogP contribution in [-0.4, -0.2) is 32.8 Å². The van der Waals surface area contributed by atoms with Crippen molar-refractivity contribution in [1.82, 2.24) is 25.6 Å². The van der Waals surface area contributed by atoms with Gasteiger partial charge >= 0.3 is 0 Å². The molecule has 0 bridgehead atoms. The molecule has 2 aromatic rings. The van der Waals surface area contributed by atoms with Crippen LogP contribution in [0, 0.1) is 6.92 Å². The zero-order chi connectivity index (χ0) is 16.1. The van der Waals surface area contributed by atoms with E-state index in [-0.39, 0.29) is 18.4 Å². The van der Waals surface area contributed by atoms with Crippen LogP contribution in [0.1, 0.15) is 48.1 Å². The molecule has 0 unspecified atom stereocenters. The summed E-state index contributed by atoms with van der Waals surface area (Å²) in [4.78, 5) is 20.6. The molecule has 0 aromatic carbocycles. The number of carbonyl (C=O) groups is 1. The van der Waals surface area contributed by atoms with Crippen LogP contribution in [0.5, 0.6) is 0 Å². The number of nitrogens with zero attached hydrogens (tertiary/aromatic N) is 4. The minimum Gasteiger partial charge on any atom is -0.370 e. The van der Waals surface area contributed by atoms with Crippen molar-refractivity contribution >= 4 is 5.91 Å². The standard InChI is InChI=1S/C15H19N5O3/c1-10-12(20-23-19-10)6-14(21)16-7-11-8-17-15(18-9-11)13-4-2-3-5-22-13/h8-9,13H,2-7H2,1H3,(H,16,21)/t13-/m1/s1. The van der Waals surface area contributed by atoms with Gasteiger partial charge < -0.3 is 10.1 Å². The number of aryl methyl sites for hydroxylation is 1. The molecule has 0 spiro atoms. The summed E-state index contributed by atoms with van der Waals surface area (Å²) in [6, 6.07) is 0. The maximum atomic E-state index is 11.9. The highest BCUT2D eigenvalue weighted by Crippen LogP contribution is 2.24. The summed E-state index contributed by atoms with van der Waals surface area (Å²) in [5.41, 5.74) is 2.01. The summed E-state index contributed by atoms with van der Waals surface area (Å²) in [5, 5.41) is 10.1. The summed E-state index contributed by atoms with van der Waals surface area (Å²) in [6.07, 6.45) is 6.79. The van der Waals surface area contributed by atoms with E-state index in [2.05, 4.69) is 30.2 Å². The number of hydrogen-bond donors (Lipinski definition) is 1. The molecular formula is C15H19N5O3. The zero-order valence-electron chi connectivity index (χ0n) is 13.0. The number of amides is 1. The van der Waals surface area contributed by atoms with Crippen molar-refractivity contribution in [2.45, 2.75) is 45.3 Å². The molecule has 0 aliphatic carbocycles. The number of rotatable bonds is 5. The van der Waals surface area contributed by atoms with Gasteiger partial charge in [0, 0.05) is 31.1 Å². The smallest absolute Gasteiger partial charge is 0.226 e. The number of carbonyl (C=O) groups excluding carboxylic acids is 1. The van der Waals surface area contributed by atoms with Crippen molar-refractivity contribution in [1.29, 1.82) is 0 Å². The molecule has 3 heterocycles. The van der Waals surface area contributed by atoms with E-state index in [0.29, 0.717) is 23.8 Å². The Morgan fingerprint density at radius 1 is 1.30 bits per heavy atom. The van der Waals surface area contributed by atoms with Gasteiger partial charge in [-0.2, -0.15) is 0 Å². The van der Waals surface area contributed by atoms with Crippen LogP contribution in [-0.2, 0) is 22.5 Å². The molecule has 0 radical (unpaired) electrons. The van der Waals surface area contributed by atoms with Gasteiger partial charge in [0.05, 0.1) is 6.42 Å². The van der Waals surface area contributed by atoms with E-state index in [0.717, 1.165) is 31.4 Å². The van der Waals surface area contributed by atoms with Crippen LogP contribution in [0.15, 0.2) is 17.0 Å². The zero-order valence-corrected chi connectivity index (χ0v) is 13.0. The Bertz CT molecular complexity index is 649. The van der Waals surface area contributed by atoms with Crippen molar-refractivity contribution in [3.63, 3.8) is 0 Å². The molecule has 1 N–H and O–H groups in total. The van der Waals surface area contributed by atoms with Crippen LogP contribution in [0.2, 0.25) is 0 Å². The van der Waals surface area contributed by atoms with Crippen LogP contribution in [0.4, 0.5) is 0 Å². The van der Waals surface area contributed by atoms with E-state index < -0.39 is 0 Å². The highest BCUT2D eigenvalue weighted by molar-refractivity contribution is 5.78. The molecular weight excluding hydrogens is 298 g/mol. The molecule has 1 aliphatic heterocycles. The molecule has 1 saturated heterocycles. The van der Waals surface area contributed by atoms with Crippen LogP contribution in [0.3, 0.4) is 0 Å². The molecule has 1 amide bonds. The maximum absolute atomic E-state index is 11.9. The molecule has 2 aromatic heterocycles. The molecule has 1 atom stereocenters. The van der Waals surface area contributed by atoms with Crippen LogP contribution < -0.4 is 5.32 Å². The molecule has 1 aliphatic rings. The summed E-state index contributed by atoms with van der Waals surface area (Å²) >= 11 is 0. The van der Waals surface area contributed by atoms with Gasteiger partial charge in [0.2, 0.25) is 5.91 Å². The molecule has 1 fully saturated rings. The third kappa shape index (κ3) is 4.10. The minimum absolute atomic E-state index is 0.00460. The first-order valence-corrected chi connectivity index (χ1v) is 7.69. The van der Waals surface area contributed by atoms with E-state index >= 15 is 0 Å². The van der Waals surface area contributed by atoms with Gasteiger partial charge in [-0.3, -0.25) is 4.79 Å². The van der Waals surface area contributed by atoms with E-state index in [9.17, 15) is 4.79 Å². The first-order valence-electron chi connectivity index (χ1n) is 7.69. The predicted octanol–water partition coefficient (Wildman–Crippen LogP) is 1.27. The lowest BCUT2D eigenvalue weighted by atomic mass is 10.1. The molecule has 8 heteroatoms. The van der Waals surface area contributed by atoms with E-state index in [1.54, 1.807) is 19.3 Å². The van der Waals surface area contributed by atoms with Crippen molar-refractivity contribution in [2.24, 2.45) is 0 Å². The largest absolute Gasteiger partial charge is 0.370 e. The van der Waals surface area contributed by atoms with E-state index in [4.69, 9.17) is 4.74 Å². The Labute approximate surface area is 133 Å². The van der Waals surface area contributed by atoms with Gasteiger partial charge in [0.15, 0.2) is 5.82 Å². The van der Waals surface area contributed by atoms with Crippen molar-refractivity contribution in [3.8, 4) is 0 Å². The first-order chi connectivity index (χ1) is 11.2. The van der Waals surface area contributed by atoms with Gasteiger partial charge in [0.25, 0.3) is 0 Å². The van der Waals surface area contributed by atoms with Crippen LogP contribution >= 0.6 is 0 Å². The Kier molecular flexibility index (Phi) is 4.92. The minimum atomic E-state index is -0.150. The van der Waals surface area contributed by atoms with Gasteiger partial charge in [0.1, 0.15) is 17.5 Å². The number of ether oxygens (including phenoxy) is 1. The highest BCUT2D eigenvalue weighted by atomic mass is 16.6. The fourth-order valence-electron chi connectivity index (χ4n) is 2.39. The summed E-state index contributed by atoms with van der Waals surface area (Å²) < 4.78 is 10.2. The molecule has 8 nitrogen and oxygen atoms in total.